The second-order valence-corrected chi connectivity index (χ2v) is 9.35. The van der Waals surface area contributed by atoms with Crippen molar-refractivity contribution in [3.63, 3.8) is 0 Å². The molecule has 0 radical (unpaired) electrons. The summed E-state index contributed by atoms with van der Waals surface area (Å²) in [7, 11) is 0. The molecule has 0 aromatic carbocycles. The van der Waals surface area contributed by atoms with Crippen molar-refractivity contribution >= 4 is 17.6 Å². The first-order valence-corrected chi connectivity index (χ1v) is 12.5. The number of hydrogen-bond acceptors (Lipinski definition) is 4. The van der Waals surface area contributed by atoms with Crippen LogP contribution in [0.4, 0.5) is 19.0 Å². The van der Waals surface area contributed by atoms with E-state index in [4.69, 9.17) is 0 Å². The van der Waals surface area contributed by atoms with E-state index in [0.29, 0.717) is 6.42 Å². The van der Waals surface area contributed by atoms with E-state index < -0.39 is 17.8 Å². The Morgan fingerprint density at radius 3 is 2.24 bits per heavy atom. The van der Waals surface area contributed by atoms with Gasteiger partial charge in [-0.2, -0.15) is 13.2 Å². The lowest BCUT2D eigenvalue weighted by Gasteiger charge is -2.38. The zero-order valence-electron chi connectivity index (χ0n) is 20.7. The molecular formula is C25H39F3N4O2. The number of rotatable bonds is 12. The molecule has 0 saturated carbocycles. The Balaban J connectivity index is 1.85. The molecule has 1 saturated heterocycles. The largest absolute Gasteiger partial charge is 0.419 e. The highest BCUT2D eigenvalue weighted by Gasteiger charge is 2.37. The Morgan fingerprint density at radius 2 is 1.65 bits per heavy atom. The van der Waals surface area contributed by atoms with E-state index in [-0.39, 0.29) is 49.7 Å². The van der Waals surface area contributed by atoms with E-state index in [1.165, 1.54) is 37.9 Å². The van der Waals surface area contributed by atoms with Gasteiger partial charge >= 0.3 is 6.18 Å². The SMILES string of the molecule is CCCCCCCCCC(=O)NC(C(=O)N1CCN(c2ncccc2C(F)(F)F)CC1)C(C)C. The third kappa shape index (κ3) is 8.47. The number of hydrogen-bond donors (Lipinski definition) is 1. The first-order valence-electron chi connectivity index (χ1n) is 12.5. The Bertz CT molecular complexity index is 778. The van der Waals surface area contributed by atoms with Crippen LogP contribution >= 0.6 is 0 Å². The first kappa shape index (κ1) is 27.9. The van der Waals surface area contributed by atoms with Gasteiger partial charge in [-0.05, 0) is 24.5 Å². The van der Waals surface area contributed by atoms with Gasteiger partial charge in [-0.3, -0.25) is 9.59 Å². The highest BCUT2D eigenvalue weighted by molar-refractivity contribution is 5.88. The Labute approximate surface area is 201 Å². The van der Waals surface area contributed by atoms with Gasteiger partial charge in [0, 0.05) is 38.8 Å². The monoisotopic (exact) mass is 484 g/mol. The number of aromatic nitrogens is 1. The van der Waals surface area contributed by atoms with Crippen LogP contribution in [0, 0.1) is 5.92 Å². The third-order valence-corrected chi connectivity index (χ3v) is 6.24. The van der Waals surface area contributed by atoms with Crippen molar-refractivity contribution in [2.45, 2.75) is 84.4 Å². The summed E-state index contributed by atoms with van der Waals surface area (Å²) in [6.45, 7) is 7.02. The van der Waals surface area contributed by atoms with E-state index in [1.807, 2.05) is 13.8 Å². The maximum Gasteiger partial charge on any atom is 0.419 e. The van der Waals surface area contributed by atoms with Crippen LogP contribution < -0.4 is 10.2 Å². The first-order chi connectivity index (χ1) is 16.1. The van der Waals surface area contributed by atoms with Gasteiger partial charge in [-0.1, -0.05) is 59.3 Å². The summed E-state index contributed by atoms with van der Waals surface area (Å²) in [5.41, 5.74) is -0.771. The molecule has 1 fully saturated rings. The Kier molecular flexibility index (Phi) is 11.1. The molecule has 1 aromatic heterocycles. The van der Waals surface area contributed by atoms with Crippen molar-refractivity contribution < 1.29 is 22.8 Å². The zero-order valence-corrected chi connectivity index (χ0v) is 20.7. The molecule has 1 atom stereocenters. The average molecular weight is 485 g/mol. The lowest BCUT2D eigenvalue weighted by molar-refractivity contribution is -0.138. The Hall–Kier alpha value is -2.32. The summed E-state index contributed by atoms with van der Waals surface area (Å²) in [5, 5.41) is 2.89. The highest BCUT2D eigenvalue weighted by Crippen LogP contribution is 2.35. The molecule has 9 heteroatoms. The van der Waals surface area contributed by atoms with Crippen molar-refractivity contribution in [1.29, 1.82) is 0 Å². The standard InChI is InChI=1S/C25H39F3N4O2/c1-4-5-6-7-8-9-10-13-21(33)30-22(19(2)3)24(34)32-17-15-31(16-18-32)23-20(25(26,27)28)12-11-14-29-23/h11-12,14,19,22H,4-10,13,15-18H2,1-3H3,(H,30,33). The van der Waals surface area contributed by atoms with Crippen LogP contribution in [-0.4, -0.2) is 53.9 Å². The second kappa shape index (κ2) is 13.5. The van der Waals surface area contributed by atoms with Crippen molar-refractivity contribution in [1.82, 2.24) is 15.2 Å². The molecule has 6 nitrogen and oxygen atoms in total. The molecule has 2 rings (SSSR count). The van der Waals surface area contributed by atoms with Crippen LogP contribution in [0.15, 0.2) is 18.3 Å². The van der Waals surface area contributed by atoms with Crippen LogP contribution in [0.3, 0.4) is 0 Å². The van der Waals surface area contributed by atoms with Gasteiger partial charge in [-0.15, -0.1) is 0 Å². The van der Waals surface area contributed by atoms with Crippen LogP contribution in [0.1, 0.15) is 77.7 Å². The van der Waals surface area contributed by atoms with Crippen molar-refractivity contribution in [3.8, 4) is 0 Å². The number of anilines is 1. The van der Waals surface area contributed by atoms with Crippen LogP contribution in [0.5, 0.6) is 0 Å². The van der Waals surface area contributed by atoms with E-state index >= 15 is 0 Å². The van der Waals surface area contributed by atoms with Crippen molar-refractivity contribution in [3.05, 3.63) is 23.9 Å². The number of carbonyl (C=O) groups excluding carboxylic acids is 2. The minimum Gasteiger partial charge on any atom is -0.353 e. The topological polar surface area (TPSA) is 65.5 Å². The quantitative estimate of drug-likeness (QED) is 0.423. The molecule has 1 aliphatic heterocycles. The van der Waals surface area contributed by atoms with Crippen molar-refractivity contribution in [2.24, 2.45) is 5.92 Å². The van der Waals surface area contributed by atoms with Gasteiger partial charge in [-0.25, -0.2) is 4.98 Å². The zero-order chi connectivity index (χ0) is 25.1. The number of carbonyl (C=O) groups is 2. The molecule has 34 heavy (non-hydrogen) atoms. The minimum absolute atomic E-state index is 0.0869. The molecule has 0 aliphatic carbocycles. The summed E-state index contributed by atoms with van der Waals surface area (Å²) >= 11 is 0. The van der Waals surface area contributed by atoms with Gasteiger partial charge in [0.05, 0.1) is 5.56 Å². The number of alkyl halides is 3. The minimum atomic E-state index is -4.49. The van der Waals surface area contributed by atoms with Crippen LogP contribution in [0.25, 0.3) is 0 Å². The molecule has 2 amide bonds. The normalized spacial score (nSPS) is 15.5. The fourth-order valence-corrected chi connectivity index (χ4v) is 4.21. The summed E-state index contributed by atoms with van der Waals surface area (Å²) in [6, 6.07) is 1.66. The average Bonchev–Trinajstić information content (AvgIpc) is 2.81. The number of unbranched alkanes of at least 4 members (excludes halogenated alkanes) is 6. The van der Waals surface area contributed by atoms with Gasteiger partial charge < -0.3 is 15.1 Å². The number of nitrogens with zero attached hydrogens (tertiary/aromatic N) is 3. The summed E-state index contributed by atoms with van der Waals surface area (Å²) < 4.78 is 40.0. The van der Waals surface area contributed by atoms with Gasteiger partial charge in [0.15, 0.2) is 0 Å². The lowest BCUT2D eigenvalue weighted by Crippen LogP contribution is -2.56. The lowest BCUT2D eigenvalue weighted by atomic mass is 10.0. The smallest absolute Gasteiger partial charge is 0.353 e. The molecular weight excluding hydrogens is 445 g/mol. The summed E-state index contributed by atoms with van der Waals surface area (Å²) in [5.74, 6) is -0.496. The fraction of sp³-hybridized carbons (Fsp3) is 0.720. The van der Waals surface area contributed by atoms with E-state index in [1.54, 1.807) is 9.80 Å². The van der Waals surface area contributed by atoms with Crippen molar-refractivity contribution in [2.75, 3.05) is 31.1 Å². The van der Waals surface area contributed by atoms with Crippen LogP contribution in [-0.2, 0) is 15.8 Å². The maximum absolute atomic E-state index is 13.3. The molecule has 192 valence electrons. The van der Waals surface area contributed by atoms with Gasteiger partial charge in [0.2, 0.25) is 11.8 Å². The molecule has 1 N–H and O–H groups in total. The summed E-state index contributed by atoms with van der Waals surface area (Å²) in [6.07, 6.45) is 5.08. The number of halogens is 3. The number of piperazine rings is 1. The molecule has 1 aliphatic rings. The maximum atomic E-state index is 13.3. The molecule has 2 heterocycles. The molecule has 0 spiro atoms. The predicted molar refractivity (Wildman–Crippen MR) is 127 cm³/mol. The van der Waals surface area contributed by atoms with Gasteiger partial charge in [0.1, 0.15) is 11.9 Å². The second-order valence-electron chi connectivity index (χ2n) is 9.35. The summed E-state index contributed by atoms with van der Waals surface area (Å²) in [4.78, 5) is 32.7. The molecule has 1 unspecified atom stereocenters. The fourth-order valence-electron chi connectivity index (χ4n) is 4.21. The highest BCUT2D eigenvalue weighted by atomic mass is 19.4. The number of pyridine rings is 1. The molecule has 1 aromatic rings. The van der Waals surface area contributed by atoms with E-state index in [0.717, 1.165) is 25.3 Å². The van der Waals surface area contributed by atoms with Crippen LogP contribution in [0.2, 0.25) is 0 Å². The predicted octanol–water partition coefficient (Wildman–Crippen LogP) is 5.03. The third-order valence-electron chi connectivity index (χ3n) is 6.24. The Morgan fingerprint density at radius 1 is 1.03 bits per heavy atom. The number of amides is 2. The number of nitrogens with one attached hydrogen (secondary N) is 1. The molecule has 0 bridgehead atoms. The van der Waals surface area contributed by atoms with E-state index in [9.17, 15) is 22.8 Å². The van der Waals surface area contributed by atoms with Gasteiger partial charge in [0.25, 0.3) is 0 Å². The van der Waals surface area contributed by atoms with E-state index in [2.05, 4.69) is 17.2 Å².